The van der Waals surface area contributed by atoms with Crippen LogP contribution in [0.3, 0.4) is 0 Å². The number of aliphatic imine (C=N–C) groups is 1. The van der Waals surface area contributed by atoms with E-state index in [1.165, 1.54) is 173 Å². The molecule has 0 radical (unpaired) electrons. The standard InChI is InChI=1S/C46H83N7O4/c1-5-7-9-11-13-15-17-19-21-23-25-27-29-31-33-52(34-32-30-28-26-24-22-20-18-16-14-12-10-8-6-2)56-36-46-35-55-41(42(46)54)45(57-46)53-39-49-40-43(50-38-51(3)4)47-37-48-44(40)53/h37-39,41-42,45,54H,5-36H2,1-4H3/b50-38-/t41?,42?,45-,46-/m1/s1. The number of hydroxylamine groups is 2. The first-order valence-electron chi connectivity index (χ1n) is 23.7. The fourth-order valence-electron chi connectivity index (χ4n) is 8.44. The van der Waals surface area contributed by atoms with Gasteiger partial charge in [-0.3, -0.25) is 9.40 Å². The van der Waals surface area contributed by atoms with E-state index in [0.29, 0.717) is 23.6 Å². The Bertz CT molecular complexity index is 1310. The van der Waals surface area contributed by atoms with E-state index in [0.717, 1.165) is 25.9 Å². The molecular weight excluding hydrogens is 715 g/mol. The zero-order valence-corrected chi connectivity index (χ0v) is 36.9. The zero-order valence-electron chi connectivity index (χ0n) is 36.9. The Hall–Kier alpha value is -2.18. The topological polar surface area (TPSA) is 110 Å². The highest BCUT2D eigenvalue weighted by Crippen LogP contribution is 2.46. The van der Waals surface area contributed by atoms with Crippen LogP contribution in [-0.2, 0) is 14.3 Å². The summed E-state index contributed by atoms with van der Waals surface area (Å²) in [5.74, 6) is 0.484. The minimum atomic E-state index is -0.950. The lowest BCUT2D eigenvalue weighted by Gasteiger charge is -2.33. The highest BCUT2D eigenvalue weighted by Gasteiger charge is 2.62. The summed E-state index contributed by atoms with van der Waals surface area (Å²) < 4.78 is 14.6. The van der Waals surface area contributed by atoms with Gasteiger partial charge in [0.15, 0.2) is 23.2 Å². The largest absolute Gasteiger partial charge is 0.387 e. The van der Waals surface area contributed by atoms with Crippen molar-refractivity contribution in [3.8, 4) is 0 Å². The van der Waals surface area contributed by atoms with Crippen molar-refractivity contribution in [3.05, 3.63) is 12.7 Å². The highest BCUT2D eigenvalue weighted by molar-refractivity contribution is 5.82. The van der Waals surface area contributed by atoms with Gasteiger partial charge in [-0.15, -0.1) is 0 Å². The van der Waals surface area contributed by atoms with Crippen LogP contribution in [0.1, 0.15) is 200 Å². The number of aromatic nitrogens is 4. The third-order valence-corrected chi connectivity index (χ3v) is 12.0. The molecule has 0 aliphatic carbocycles. The molecule has 11 heteroatoms. The van der Waals surface area contributed by atoms with Crippen molar-refractivity contribution in [2.24, 2.45) is 4.99 Å². The molecule has 0 spiro atoms. The number of nitrogens with zero attached hydrogens (tertiary/aromatic N) is 7. The summed E-state index contributed by atoms with van der Waals surface area (Å²) in [6, 6.07) is 0. The van der Waals surface area contributed by atoms with Crippen LogP contribution in [0.15, 0.2) is 17.6 Å². The summed E-state index contributed by atoms with van der Waals surface area (Å²) in [5.41, 5.74) is 0.223. The van der Waals surface area contributed by atoms with Crippen LogP contribution in [0, 0.1) is 0 Å². The summed E-state index contributed by atoms with van der Waals surface area (Å²) in [6.45, 7) is 6.92. The molecule has 4 atom stereocenters. The van der Waals surface area contributed by atoms with Gasteiger partial charge in [-0.2, -0.15) is 5.06 Å². The second-order valence-corrected chi connectivity index (χ2v) is 17.4. The third kappa shape index (κ3) is 16.8. The van der Waals surface area contributed by atoms with Gasteiger partial charge in [-0.25, -0.2) is 19.9 Å². The molecule has 4 rings (SSSR count). The number of hydrogen-bond acceptors (Lipinski definition) is 9. The van der Waals surface area contributed by atoms with Crippen molar-refractivity contribution in [2.45, 2.75) is 218 Å². The summed E-state index contributed by atoms with van der Waals surface area (Å²) in [7, 11) is 3.82. The SMILES string of the molecule is CCCCCCCCCCCCCCCCN(CCCCCCCCCCCCCCCC)OC[C@]12COC(C1O)[C@H](n1cnc3c(/N=C\N(C)C)ncnc31)O2. The van der Waals surface area contributed by atoms with E-state index in [2.05, 4.69) is 38.9 Å². The molecule has 2 aliphatic rings. The Morgan fingerprint density at radius 3 is 1.67 bits per heavy atom. The fourth-order valence-corrected chi connectivity index (χ4v) is 8.44. The van der Waals surface area contributed by atoms with Crippen LogP contribution in [-0.4, -0.2) is 99.1 Å². The molecule has 2 saturated heterocycles. The zero-order chi connectivity index (χ0) is 40.4. The van der Waals surface area contributed by atoms with Gasteiger partial charge in [-0.05, 0) is 12.8 Å². The number of unbranched alkanes of at least 4 members (excludes halogenated alkanes) is 26. The molecule has 4 heterocycles. The number of hydrogen-bond donors (Lipinski definition) is 1. The van der Waals surface area contributed by atoms with Crippen molar-refractivity contribution in [1.82, 2.24) is 29.5 Å². The van der Waals surface area contributed by atoms with E-state index in [9.17, 15) is 5.11 Å². The van der Waals surface area contributed by atoms with E-state index in [1.807, 2.05) is 23.6 Å². The fraction of sp³-hybridized carbons (Fsp3) is 0.870. The normalized spacial score (nSPS) is 20.6. The number of aliphatic hydroxyl groups is 1. The van der Waals surface area contributed by atoms with E-state index in [4.69, 9.17) is 14.3 Å². The molecule has 2 aliphatic heterocycles. The van der Waals surface area contributed by atoms with Crippen molar-refractivity contribution in [2.75, 3.05) is 40.4 Å². The van der Waals surface area contributed by atoms with Crippen LogP contribution < -0.4 is 0 Å². The summed E-state index contributed by atoms with van der Waals surface area (Å²) >= 11 is 0. The van der Waals surface area contributed by atoms with Gasteiger partial charge in [0.1, 0.15) is 30.7 Å². The van der Waals surface area contributed by atoms with E-state index >= 15 is 0 Å². The molecule has 0 saturated carbocycles. The minimum Gasteiger partial charge on any atom is -0.387 e. The molecule has 326 valence electrons. The Kier molecular flexibility index (Phi) is 23.6. The Balaban J connectivity index is 1.19. The molecule has 2 aromatic heterocycles. The summed E-state index contributed by atoms with van der Waals surface area (Å²) in [6.07, 6.45) is 40.7. The van der Waals surface area contributed by atoms with Gasteiger partial charge in [-0.1, -0.05) is 181 Å². The van der Waals surface area contributed by atoms with Crippen molar-refractivity contribution < 1.29 is 19.4 Å². The second kappa shape index (κ2) is 28.3. The number of aliphatic hydroxyl groups excluding tert-OH is 1. The maximum Gasteiger partial charge on any atom is 0.184 e. The van der Waals surface area contributed by atoms with Crippen LogP contribution >= 0.6 is 0 Å². The van der Waals surface area contributed by atoms with E-state index in [-0.39, 0.29) is 6.61 Å². The van der Waals surface area contributed by atoms with Crippen LogP contribution in [0.25, 0.3) is 11.2 Å². The van der Waals surface area contributed by atoms with Crippen molar-refractivity contribution in [1.29, 1.82) is 0 Å². The summed E-state index contributed by atoms with van der Waals surface area (Å²) in [5, 5.41) is 13.7. The van der Waals surface area contributed by atoms with Crippen LogP contribution in [0.4, 0.5) is 5.82 Å². The third-order valence-electron chi connectivity index (χ3n) is 12.0. The van der Waals surface area contributed by atoms with Crippen molar-refractivity contribution >= 4 is 23.3 Å². The van der Waals surface area contributed by atoms with Gasteiger partial charge in [0, 0.05) is 27.2 Å². The van der Waals surface area contributed by atoms with Gasteiger partial charge in [0.25, 0.3) is 0 Å². The maximum atomic E-state index is 11.5. The quantitative estimate of drug-likeness (QED) is 0.0312. The molecule has 57 heavy (non-hydrogen) atoms. The van der Waals surface area contributed by atoms with Gasteiger partial charge < -0.3 is 19.5 Å². The smallest absolute Gasteiger partial charge is 0.184 e. The van der Waals surface area contributed by atoms with Gasteiger partial charge in [0.2, 0.25) is 0 Å². The molecule has 2 bridgehead atoms. The maximum absolute atomic E-state index is 11.5. The van der Waals surface area contributed by atoms with Gasteiger partial charge >= 0.3 is 0 Å². The van der Waals surface area contributed by atoms with E-state index in [1.54, 1.807) is 12.7 Å². The summed E-state index contributed by atoms with van der Waals surface area (Å²) in [4.78, 5) is 26.3. The molecule has 1 N–H and O–H groups in total. The molecule has 2 fully saturated rings. The average molecular weight is 798 g/mol. The molecular formula is C46H83N7O4. The molecule has 2 aromatic rings. The first kappa shape index (κ1) is 47.5. The lowest BCUT2D eigenvalue weighted by atomic mass is 10.0. The Morgan fingerprint density at radius 2 is 1.19 bits per heavy atom. The van der Waals surface area contributed by atoms with E-state index < -0.39 is 24.0 Å². The molecule has 0 amide bonds. The predicted molar refractivity (Wildman–Crippen MR) is 234 cm³/mol. The Labute approximate surface area is 347 Å². The van der Waals surface area contributed by atoms with Crippen LogP contribution in [0.2, 0.25) is 0 Å². The molecule has 2 unspecified atom stereocenters. The lowest BCUT2D eigenvalue weighted by molar-refractivity contribution is -0.244. The van der Waals surface area contributed by atoms with Crippen molar-refractivity contribution in [3.63, 3.8) is 0 Å². The second-order valence-electron chi connectivity index (χ2n) is 17.4. The van der Waals surface area contributed by atoms with Gasteiger partial charge in [0.05, 0.1) is 19.3 Å². The minimum absolute atomic E-state index is 0.248. The first-order chi connectivity index (χ1) is 28.0. The molecule has 0 aromatic carbocycles. The van der Waals surface area contributed by atoms with Crippen LogP contribution in [0.5, 0.6) is 0 Å². The Morgan fingerprint density at radius 1 is 0.719 bits per heavy atom. The number of ether oxygens (including phenoxy) is 2. The highest BCUT2D eigenvalue weighted by atomic mass is 16.7. The predicted octanol–water partition coefficient (Wildman–Crippen LogP) is 11.3. The number of imidazole rings is 1. The number of fused-ring (bicyclic) bond motifs is 3. The first-order valence-corrected chi connectivity index (χ1v) is 23.7. The number of rotatable bonds is 36. The average Bonchev–Trinajstić information content (AvgIpc) is 3.87. The molecule has 11 nitrogen and oxygen atoms in total. The lowest BCUT2D eigenvalue weighted by Crippen LogP contribution is -2.47. The monoisotopic (exact) mass is 798 g/mol.